The van der Waals surface area contributed by atoms with Crippen LogP contribution in [0.5, 0.6) is 5.88 Å². The van der Waals surface area contributed by atoms with Gasteiger partial charge in [0.15, 0.2) is 0 Å². The Morgan fingerprint density at radius 2 is 2.24 bits per heavy atom. The first-order chi connectivity index (χ1) is 10.3. The van der Waals surface area contributed by atoms with Crippen LogP contribution >= 0.6 is 0 Å². The molecule has 0 fully saturated rings. The molecule has 21 heavy (non-hydrogen) atoms. The molecule has 0 radical (unpaired) electrons. The van der Waals surface area contributed by atoms with Crippen LogP contribution in [0.25, 0.3) is 0 Å². The van der Waals surface area contributed by atoms with E-state index >= 15 is 0 Å². The van der Waals surface area contributed by atoms with Crippen LogP contribution in [-0.4, -0.2) is 23.5 Å². The second kappa shape index (κ2) is 5.83. The number of anilines is 2. The Kier molecular flexibility index (Phi) is 3.73. The largest absolute Gasteiger partial charge is 0.478 e. The molecule has 1 aliphatic rings. The minimum absolute atomic E-state index is 0.0582. The number of carbonyl (C=O) groups is 1. The van der Waals surface area contributed by atoms with Gasteiger partial charge in [0, 0.05) is 18.2 Å². The van der Waals surface area contributed by atoms with Crippen LogP contribution < -0.4 is 15.4 Å². The Bertz CT molecular complexity index is 615. The summed E-state index contributed by atoms with van der Waals surface area (Å²) < 4.78 is 5.27. The molecular formula is C16H17N3O2. The van der Waals surface area contributed by atoms with Gasteiger partial charge < -0.3 is 15.4 Å². The van der Waals surface area contributed by atoms with Gasteiger partial charge in [-0.15, -0.1) is 0 Å². The average Bonchev–Trinajstić information content (AvgIpc) is 2.94. The van der Waals surface area contributed by atoms with Gasteiger partial charge in [0.25, 0.3) is 0 Å². The van der Waals surface area contributed by atoms with Crippen molar-refractivity contribution in [2.24, 2.45) is 0 Å². The number of fused-ring (bicyclic) bond motifs is 1. The number of nitrogens with zero attached hydrogens (tertiary/aromatic N) is 1. The van der Waals surface area contributed by atoms with Crippen LogP contribution in [0.4, 0.5) is 11.4 Å². The molecule has 5 heteroatoms. The fourth-order valence-corrected chi connectivity index (χ4v) is 2.37. The monoisotopic (exact) mass is 283 g/mol. The SMILES string of the molecule is CCOc1ccc(NC(=O)C2Cc3ccccc3N2)cn1. The fourth-order valence-electron chi connectivity index (χ4n) is 2.37. The molecule has 0 spiro atoms. The first-order valence-electron chi connectivity index (χ1n) is 7.00. The van der Waals surface area contributed by atoms with E-state index in [4.69, 9.17) is 4.74 Å². The molecule has 108 valence electrons. The summed E-state index contributed by atoms with van der Waals surface area (Å²) in [6.45, 7) is 2.48. The van der Waals surface area contributed by atoms with Gasteiger partial charge in [-0.2, -0.15) is 0 Å². The topological polar surface area (TPSA) is 63.2 Å². The van der Waals surface area contributed by atoms with Gasteiger partial charge in [0.1, 0.15) is 6.04 Å². The number of benzene rings is 1. The Labute approximate surface area is 123 Å². The molecule has 2 heterocycles. The van der Waals surface area contributed by atoms with E-state index in [-0.39, 0.29) is 11.9 Å². The standard InChI is InChI=1S/C16H17N3O2/c1-2-21-15-8-7-12(10-17-15)18-16(20)14-9-11-5-3-4-6-13(11)19-14/h3-8,10,14,19H,2,9H2,1H3,(H,18,20). The summed E-state index contributed by atoms with van der Waals surface area (Å²) in [6.07, 6.45) is 2.30. The minimum atomic E-state index is -0.242. The maximum absolute atomic E-state index is 12.3. The zero-order chi connectivity index (χ0) is 14.7. The number of hydrogen-bond donors (Lipinski definition) is 2. The molecule has 0 saturated carbocycles. The summed E-state index contributed by atoms with van der Waals surface area (Å²) in [4.78, 5) is 16.4. The molecule has 5 nitrogen and oxygen atoms in total. The number of aromatic nitrogens is 1. The predicted octanol–water partition coefficient (Wildman–Crippen LogP) is 2.46. The van der Waals surface area contributed by atoms with E-state index in [1.165, 1.54) is 5.56 Å². The molecule has 1 aromatic carbocycles. The maximum atomic E-state index is 12.3. The average molecular weight is 283 g/mol. The maximum Gasteiger partial charge on any atom is 0.247 e. The summed E-state index contributed by atoms with van der Waals surface area (Å²) in [5.74, 6) is 0.499. The smallest absolute Gasteiger partial charge is 0.247 e. The van der Waals surface area contributed by atoms with Crippen LogP contribution in [0.2, 0.25) is 0 Å². The summed E-state index contributed by atoms with van der Waals surface area (Å²) in [5, 5.41) is 6.10. The normalized spacial score (nSPS) is 16.0. The molecule has 0 aliphatic carbocycles. The number of carbonyl (C=O) groups excluding carboxylic acids is 1. The molecule has 3 rings (SSSR count). The Morgan fingerprint density at radius 3 is 2.95 bits per heavy atom. The van der Waals surface area contributed by atoms with E-state index in [9.17, 15) is 4.79 Å². The summed E-state index contributed by atoms with van der Waals surface area (Å²) >= 11 is 0. The molecule has 0 bridgehead atoms. The minimum Gasteiger partial charge on any atom is -0.478 e. The van der Waals surface area contributed by atoms with Crippen LogP contribution in [0.3, 0.4) is 0 Å². The van der Waals surface area contributed by atoms with Crippen molar-refractivity contribution in [3.8, 4) is 5.88 Å². The van der Waals surface area contributed by atoms with E-state index in [0.717, 1.165) is 5.69 Å². The van der Waals surface area contributed by atoms with Crippen molar-refractivity contribution in [3.63, 3.8) is 0 Å². The first kappa shape index (κ1) is 13.4. The second-order valence-electron chi connectivity index (χ2n) is 4.87. The first-order valence-corrected chi connectivity index (χ1v) is 7.00. The molecular weight excluding hydrogens is 266 g/mol. The van der Waals surface area contributed by atoms with Crippen molar-refractivity contribution in [1.29, 1.82) is 0 Å². The highest BCUT2D eigenvalue weighted by Gasteiger charge is 2.26. The molecule has 1 aromatic heterocycles. The van der Waals surface area contributed by atoms with Crippen LogP contribution in [0.1, 0.15) is 12.5 Å². The molecule has 1 amide bonds. The lowest BCUT2D eigenvalue weighted by Gasteiger charge is -2.12. The quantitative estimate of drug-likeness (QED) is 0.904. The van der Waals surface area contributed by atoms with Gasteiger partial charge >= 0.3 is 0 Å². The van der Waals surface area contributed by atoms with Crippen molar-refractivity contribution in [2.45, 2.75) is 19.4 Å². The van der Waals surface area contributed by atoms with E-state index in [2.05, 4.69) is 15.6 Å². The highest BCUT2D eigenvalue weighted by Crippen LogP contribution is 2.25. The van der Waals surface area contributed by atoms with Gasteiger partial charge in [-0.05, 0) is 24.6 Å². The summed E-state index contributed by atoms with van der Waals surface area (Å²) in [6, 6.07) is 11.3. The molecule has 0 saturated heterocycles. The summed E-state index contributed by atoms with van der Waals surface area (Å²) in [5.41, 5.74) is 2.87. The van der Waals surface area contributed by atoms with Crippen molar-refractivity contribution >= 4 is 17.3 Å². The lowest BCUT2D eigenvalue weighted by atomic mass is 10.1. The van der Waals surface area contributed by atoms with Crippen LogP contribution in [-0.2, 0) is 11.2 Å². The van der Waals surface area contributed by atoms with Crippen molar-refractivity contribution in [2.75, 3.05) is 17.2 Å². The van der Waals surface area contributed by atoms with E-state index in [1.807, 2.05) is 31.2 Å². The van der Waals surface area contributed by atoms with Crippen LogP contribution in [0, 0.1) is 0 Å². The number of hydrogen-bond acceptors (Lipinski definition) is 4. The third kappa shape index (κ3) is 2.97. The molecule has 1 aliphatic heterocycles. The van der Waals surface area contributed by atoms with Crippen molar-refractivity contribution in [3.05, 3.63) is 48.2 Å². The second-order valence-corrected chi connectivity index (χ2v) is 4.87. The van der Waals surface area contributed by atoms with E-state index < -0.39 is 0 Å². The van der Waals surface area contributed by atoms with E-state index in [0.29, 0.717) is 24.6 Å². The Hall–Kier alpha value is -2.56. The zero-order valence-electron chi connectivity index (χ0n) is 11.8. The number of pyridine rings is 1. The third-order valence-corrected chi connectivity index (χ3v) is 3.38. The number of ether oxygens (including phenoxy) is 1. The number of amides is 1. The summed E-state index contributed by atoms with van der Waals surface area (Å²) in [7, 11) is 0. The highest BCUT2D eigenvalue weighted by molar-refractivity contribution is 5.97. The van der Waals surface area contributed by atoms with Crippen LogP contribution in [0.15, 0.2) is 42.6 Å². The Morgan fingerprint density at radius 1 is 1.38 bits per heavy atom. The van der Waals surface area contributed by atoms with Crippen molar-refractivity contribution in [1.82, 2.24) is 4.98 Å². The highest BCUT2D eigenvalue weighted by atomic mass is 16.5. The third-order valence-electron chi connectivity index (χ3n) is 3.38. The number of rotatable bonds is 4. The molecule has 2 aromatic rings. The van der Waals surface area contributed by atoms with Gasteiger partial charge in [0.05, 0.1) is 18.5 Å². The Balaban J connectivity index is 1.62. The molecule has 2 N–H and O–H groups in total. The predicted molar refractivity (Wildman–Crippen MR) is 81.6 cm³/mol. The molecule has 1 unspecified atom stereocenters. The van der Waals surface area contributed by atoms with Gasteiger partial charge in [0.2, 0.25) is 11.8 Å². The van der Waals surface area contributed by atoms with Gasteiger partial charge in [-0.3, -0.25) is 4.79 Å². The number of nitrogens with one attached hydrogen (secondary N) is 2. The fraction of sp³-hybridized carbons (Fsp3) is 0.250. The lowest BCUT2D eigenvalue weighted by molar-refractivity contribution is -0.116. The van der Waals surface area contributed by atoms with Gasteiger partial charge in [-0.25, -0.2) is 4.98 Å². The van der Waals surface area contributed by atoms with Crippen molar-refractivity contribution < 1.29 is 9.53 Å². The zero-order valence-corrected chi connectivity index (χ0v) is 11.8. The lowest BCUT2D eigenvalue weighted by Crippen LogP contribution is -2.32. The van der Waals surface area contributed by atoms with Gasteiger partial charge in [-0.1, -0.05) is 18.2 Å². The number of para-hydroxylation sites is 1. The molecule has 1 atom stereocenters. The van der Waals surface area contributed by atoms with E-state index in [1.54, 1.807) is 18.3 Å².